The molecular formula is C20H24O6. The standard InChI is InChI=1S/C20H24O6/c1-4-26-17(24)20(25)13-10-18(2,3)16(23)19(13,11-14(20)21)15(22)12-8-6-5-7-9-12/h5-9,13-14,21,25H,4,10-11H2,1-3H3/t13-,14-,19-,20+/m0/s1. The van der Waals surface area contributed by atoms with Gasteiger partial charge in [-0.05, 0) is 19.8 Å². The molecule has 140 valence electrons. The molecule has 2 saturated carbocycles. The van der Waals surface area contributed by atoms with Crippen molar-refractivity contribution in [2.75, 3.05) is 6.61 Å². The van der Waals surface area contributed by atoms with E-state index in [-0.39, 0.29) is 25.2 Å². The van der Waals surface area contributed by atoms with E-state index >= 15 is 0 Å². The summed E-state index contributed by atoms with van der Waals surface area (Å²) in [6, 6.07) is 8.32. The molecule has 6 nitrogen and oxygen atoms in total. The van der Waals surface area contributed by atoms with Crippen LogP contribution in [-0.2, 0) is 14.3 Å². The highest BCUT2D eigenvalue weighted by molar-refractivity contribution is 6.18. The fraction of sp³-hybridized carbons (Fsp3) is 0.550. The molecule has 0 spiro atoms. The maximum atomic E-state index is 13.4. The van der Waals surface area contributed by atoms with E-state index in [1.807, 2.05) is 0 Å². The first-order chi connectivity index (χ1) is 12.1. The molecule has 1 aromatic rings. The predicted molar refractivity (Wildman–Crippen MR) is 92.3 cm³/mol. The Hall–Kier alpha value is -2.05. The van der Waals surface area contributed by atoms with Gasteiger partial charge < -0.3 is 14.9 Å². The van der Waals surface area contributed by atoms with Gasteiger partial charge in [-0.25, -0.2) is 4.79 Å². The maximum Gasteiger partial charge on any atom is 0.341 e. The third-order valence-electron chi connectivity index (χ3n) is 5.93. The molecule has 0 saturated heterocycles. The van der Waals surface area contributed by atoms with E-state index in [1.54, 1.807) is 51.1 Å². The molecule has 1 aromatic carbocycles. The summed E-state index contributed by atoms with van der Waals surface area (Å²) in [5.41, 5.74) is -4.48. The van der Waals surface area contributed by atoms with Gasteiger partial charge in [-0.2, -0.15) is 0 Å². The van der Waals surface area contributed by atoms with Gasteiger partial charge in [0.1, 0.15) is 5.41 Å². The normalized spacial score (nSPS) is 35.2. The number of ketones is 2. The number of benzene rings is 1. The Labute approximate surface area is 152 Å². The molecule has 4 atom stereocenters. The number of aliphatic hydroxyl groups is 2. The second-order valence-electron chi connectivity index (χ2n) is 7.90. The Balaban J connectivity index is 2.16. The predicted octanol–water partition coefficient (Wildman–Crippen LogP) is 1.53. The molecule has 0 aliphatic heterocycles. The van der Waals surface area contributed by atoms with Crippen LogP contribution in [0.1, 0.15) is 44.0 Å². The number of esters is 1. The second kappa shape index (κ2) is 5.99. The molecule has 0 bridgehead atoms. The summed E-state index contributed by atoms with van der Waals surface area (Å²) in [7, 11) is 0. The number of hydrogen-bond donors (Lipinski definition) is 2. The molecule has 0 radical (unpaired) electrons. The Kier molecular flexibility index (Phi) is 4.32. The zero-order chi connectivity index (χ0) is 19.3. The summed E-state index contributed by atoms with van der Waals surface area (Å²) in [6.07, 6.45) is -1.71. The zero-order valence-corrected chi connectivity index (χ0v) is 15.2. The van der Waals surface area contributed by atoms with Gasteiger partial charge in [0.25, 0.3) is 0 Å². The highest BCUT2D eigenvalue weighted by Crippen LogP contribution is 2.63. The van der Waals surface area contributed by atoms with E-state index in [0.717, 1.165) is 0 Å². The topological polar surface area (TPSA) is 101 Å². The monoisotopic (exact) mass is 360 g/mol. The molecule has 0 heterocycles. The van der Waals surface area contributed by atoms with E-state index in [1.165, 1.54) is 0 Å². The smallest absolute Gasteiger partial charge is 0.341 e. The van der Waals surface area contributed by atoms with Crippen molar-refractivity contribution in [1.82, 2.24) is 0 Å². The third kappa shape index (κ3) is 2.28. The molecule has 0 aromatic heterocycles. The number of carbonyl (C=O) groups is 3. The van der Waals surface area contributed by atoms with Crippen LogP contribution in [0.4, 0.5) is 0 Å². The zero-order valence-electron chi connectivity index (χ0n) is 15.2. The van der Waals surface area contributed by atoms with E-state index in [4.69, 9.17) is 4.74 Å². The van der Waals surface area contributed by atoms with Crippen LogP contribution in [0.25, 0.3) is 0 Å². The summed E-state index contributed by atoms with van der Waals surface area (Å²) in [5, 5.41) is 21.7. The van der Waals surface area contributed by atoms with E-state index < -0.39 is 40.2 Å². The molecular weight excluding hydrogens is 336 g/mol. The number of ether oxygens (including phenoxy) is 1. The molecule has 0 amide bonds. The lowest BCUT2D eigenvalue weighted by molar-refractivity contribution is -0.181. The van der Waals surface area contributed by atoms with Gasteiger partial charge in [0.05, 0.1) is 12.7 Å². The van der Waals surface area contributed by atoms with Gasteiger partial charge in [0, 0.05) is 16.9 Å². The average molecular weight is 360 g/mol. The SMILES string of the molecule is CCOC(=O)[C@]1(O)[C@@H](O)C[C@]2(C(=O)c3ccccc3)C(=O)C(C)(C)C[C@@H]21. The number of hydrogen-bond acceptors (Lipinski definition) is 6. The summed E-state index contributed by atoms with van der Waals surface area (Å²) < 4.78 is 4.97. The molecule has 3 rings (SSSR count). The van der Waals surface area contributed by atoms with Crippen molar-refractivity contribution in [2.45, 2.75) is 45.3 Å². The molecule has 26 heavy (non-hydrogen) atoms. The largest absolute Gasteiger partial charge is 0.464 e. The first-order valence-corrected chi connectivity index (χ1v) is 8.84. The quantitative estimate of drug-likeness (QED) is 0.480. The summed E-state index contributed by atoms with van der Waals surface area (Å²) in [6.45, 7) is 5.02. The van der Waals surface area contributed by atoms with Crippen LogP contribution in [0.15, 0.2) is 30.3 Å². The lowest BCUT2D eigenvalue weighted by Crippen LogP contribution is -2.53. The average Bonchev–Trinajstić information content (AvgIpc) is 2.96. The van der Waals surface area contributed by atoms with Crippen molar-refractivity contribution >= 4 is 17.5 Å². The van der Waals surface area contributed by atoms with Crippen LogP contribution in [0, 0.1) is 16.7 Å². The number of fused-ring (bicyclic) bond motifs is 1. The van der Waals surface area contributed by atoms with Gasteiger partial charge in [-0.3, -0.25) is 9.59 Å². The fourth-order valence-corrected chi connectivity index (χ4v) is 4.72. The van der Waals surface area contributed by atoms with Crippen molar-refractivity contribution < 1.29 is 29.3 Å². The number of carbonyl (C=O) groups excluding carboxylic acids is 3. The molecule has 2 fully saturated rings. The van der Waals surface area contributed by atoms with Crippen LogP contribution in [-0.4, -0.2) is 46.1 Å². The van der Waals surface area contributed by atoms with Crippen LogP contribution in [0.3, 0.4) is 0 Å². The Morgan fingerprint density at radius 1 is 1.19 bits per heavy atom. The van der Waals surface area contributed by atoms with Crippen molar-refractivity contribution in [3.8, 4) is 0 Å². The minimum atomic E-state index is -2.27. The summed E-state index contributed by atoms with van der Waals surface area (Å²) in [5.74, 6) is -2.81. The molecule has 2 aliphatic carbocycles. The third-order valence-corrected chi connectivity index (χ3v) is 5.93. The Morgan fingerprint density at radius 2 is 1.81 bits per heavy atom. The van der Waals surface area contributed by atoms with Crippen LogP contribution < -0.4 is 0 Å². The van der Waals surface area contributed by atoms with E-state index in [2.05, 4.69) is 0 Å². The van der Waals surface area contributed by atoms with Crippen LogP contribution >= 0.6 is 0 Å². The molecule has 6 heteroatoms. The summed E-state index contributed by atoms with van der Waals surface area (Å²) >= 11 is 0. The minimum Gasteiger partial charge on any atom is -0.464 e. The summed E-state index contributed by atoms with van der Waals surface area (Å²) in [4.78, 5) is 39.1. The maximum absolute atomic E-state index is 13.4. The van der Waals surface area contributed by atoms with Crippen LogP contribution in [0.2, 0.25) is 0 Å². The van der Waals surface area contributed by atoms with Crippen molar-refractivity contribution in [3.05, 3.63) is 35.9 Å². The van der Waals surface area contributed by atoms with E-state index in [0.29, 0.717) is 5.56 Å². The van der Waals surface area contributed by atoms with Crippen LogP contribution in [0.5, 0.6) is 0 Å². The van der Waals surface area contributed by atoms with Gasteiger partial charge in [0.15, 0.2) is 17.2 Å². The Morgan fingerprint density at radius 3 is 2.38 bits per heavy atom. The molecule has 2 N–H and O–H groups in total. The van der Waals surface area contributed by atoms with Gasteiger partial charge in [0.2, 0.25) is 0 Å². The molecule has 0 unspecified atom stereocenters. The number of aliphatic hydroxyl groups excluding tert-OH is 1. The second-order valence-corrected chi connectivity index (χ2v) is 7.90. The van der Waals surface area contributed by atoms with Crippen molar-refractivity contribution in [2.24, 2.45) is 16.7 Å². The van der Waals surface area contributed by atoms with Gasteiger partial charge in [-0.1, -0.05) is 44.2 Å². The highest BCUT2D eigenvalue weighted by atomic mass is 16.6. The first-order valence-electron chi connectivity index (χ1n) is 8.84. The fourth-order valence-electron chi connectivity index (χ4n) is 4.72. The minimum absolute atomic E-state index is 0.0254. The van der Waals surface area contributed by atoms with Gasteiger partial charge >= 0.3 is 5.97 Å². The lowest BCUT2D eigenvalue weighted by Gasteiger charge is -2.32. The number of rotatable bonds is 4. The highest BCUT2D eigenvalue weighted by Gasteiger charge is 2.76. The van der Waals surface area contributed by atoms with E-state index in [9.17, 15) is 24.6 Å². The Bertz CT molecular complexity index is 755. The molecule has 2 aliphatic rings. The van der Waals surface area contributed by atoms with Gasteiger partial charge in [-0.15, -0.1) is 0 Å². The first kappa shape index (κ1) is 18.7. The lowest BCUT2D eigenvalue weighted by atomic mass is 9.70. The number of Topliss-reactive ketones (excluding diaryl/α,β-unsaturated/α-hetero) is 2. The van der Waals surface area contributed by atoms with Crippen molar-refractivity contribution in [3.63, 3.8) is 0 Å². The van der Waals surface area contributed by atoms with Crippen molar-refractivity contribution in [1.29, 1.82) is 0 Å².